The highest BCUT2D eigenvalue weighted by Gasteiger charge is 2.20. The van der Waals surface area contributed by atoms with Gasteiger partial charge in [0, 0.05) is 10.8 Å². The second-order valence-corrected chi connectivity index (χ2v) is 8.01. The molecule has 0 bridgehead atoms. The second kappa shape index (κ2) is 11.4. The zero-order valence-electron chi connectivity index (χ0n) is 15.7. The Morgan fingerprint density at radius 1 is 1.27 bits per heavy atom. The van der Waals surface area contributed by atoms with Gasteiger partial charge in [-0.1, -0.05) is 45.2 Å². The molecule has 0 spiro atoms. The van der Waals surface area contributed by atoms with Crippen molar-refractivity contribution in [2.75, 3.05) is 11.9 Å². The Kier molecular flexibility index (Phi) is 10.0. The summed E-state index contributed by atoms with van der Waals surface area (Å²) in [6.45, 7) is 7.90. The second-order valence-electron chi connectivity index (χ2n) is 6.22. The van der Waals surface area contributed by atoms with E-state index in [2.05, 4.69) is 5.32 Å². The summed E-state index contributed by atoms with van der Waals surface area (Å²) in [5, 5.41) is 2.31. The van der Waals surface area contributed by atoms with Gasteiger partial charge in [0.2, 0.25) is 5.91 Å². The Morgan fingerprint density at radius 3 is 2.58 bits per heavy atom. The summed E-state index contributed by atoms with van der Waals surface area (Å²) in [5.74, 6) is -1.39. The molecule has 7 heteroatoms. The van der Waals surface area contributed by atoms with Crippen molar-refractivity contribution in [1.82, 2.24) is 0 Å². The predicted molar refractivity (Wildman–Crippen MR) is 105 cm³/mol. The van der Waals surface area contributed by atoms with Crippen LogP contribution in [0.1, 0.15) is 53.4 Å². The van der Waals surface area contributed by atoms with Crippen LogP contribution in [-0.2, 0) is 14.3 Å². The van der Waals surface area contributed by atoms with Gasteiger partial charge in [0.05, 0.1) is 17.3 Å². The van der Waals surface area contributed by atoms with Gasteiger partial charge in [-0.3, -0.25) is 9.59 Å². The molecule has 0 radical (unpaired) electrons. The van der Waals surface area contributed by atoms with Crippen LogP contribution in [0.25, 0.3) is 0 Å². The van der Waals surface area contributed by atoms with Crippen molar-refractivity contribution >= 4 is 40.9 Å². The van der Waals surface area contributed by atoms with Crippen LogP contribution in [0.2, 0.25) is 5.02 Å². The lowest BCUT2D eigenvalue weighted by atomic mass is 10.1. The number of carbonyl (C=O) groups excluding carboxylic acids is 2. The third-order valence-electron chi connectivity index (χ3n) is 3.83. The van der Waals surface area contributed by atoms with Crippen molar-refractivity contribution in [3.63, 3.8) is 0 Å². The Morgan fingerprint density at radius 2 is 1.96 bits per heavy atom. The van der Waals surface area contributed by atoms with E-state index in [-0.39, 0.29) is 28.5 Å². The molecule has 1 aromatic carbocycles. The van der Waals surface area contributed by atoms with Gasteiger partial charge in [-0.05, 0) is 31.9 Å². The summed E-state index contributed by atoms with van der Waals surface area (Å²) in [6, 6.07) is 2.62. The molecule has 1 amide bonds. The van der Waals surface area contributed by atoms with E-state index in [0.717, 1.165) is 31.7 Å². The van der Waals surface area contributed by atoms with Crippen LogP contribution in [-0.4, -0.2) is 23.7 Å². The van der Waals surface area contributed by atoms with Crippen LogP contribution in [0.4, 0.5) is 10.1 Å². The molecule has 0 aromatic heterocycles. The average molecular weight is 404 g/mol. The maximum absolute atomic E-state index is 14.1. The molecule has 1 N–H and O–H groups in total. The molecule has 0 saturated heterocycles. The summed E-state index contributed by atoms with van der Waals surface area (Å²) in [5.41, 5.74) is 0.0661. The average Bonchev–Trinajstić information content (AvgIpc) is 2.59. The van der Waals surface area contributed by atoms with Crippen molar-refractivity contribution in [3.05, 3.63) is 23.0 Å². The number of unbranched alkanes of at least 4 members (excludes halogenated alkanes) is 1. The number of hydrogen-bond donors (Lipinski definition) is 1. The van der Waals surface area contributed by atoms with Crippen LogP contribution in [0, 0.1) is 11.7 Å². The molecule has 0 aliphatic carbocycles. The Labute approximate surface area is 164 Å². The molecular weight excluding hydrogens is 377 g/mol. The molecule has 0 heterocycles. The minimum absolute atomic E-state index is 0.0661. The number of rotatable bonds is 10. The summed E-state index contributed by atoms with van der Waals surface area (Å²) < 4.78 is 19.3. The lowest BCUT2D eigenvalue weighted by molar-refractivity contribution is -0.142. The zero-order chi connectivity index (χ0) is 19.7. The quantitative estimate of drug-likeness (QED) is 0.310. The van der Waals surface area contributed by atoms with Crippen molar-refractivity contribution < 1.29 is 18.7 Å². The van der Waals surface area contributed by atoms with Crippen LogP contribution >= 0.6 is 23.4 Å². The summed E-state index contributed by atoms with van der Waals surface area (Å²) in [7, 11) is 0. The molecule has 0 saturated carbocycles. The standard InChI is InChI=1S/C19H27ClFNO3S/c1-5-7-9-25-19(24)13(4)26-17-11-16(15(21)10-14(17)20)22-18(23)12(3)8-6-2/h10-13H,5-9H2,1-4H3,(H,22,23). The summed E-state index contributed by atoms with van der Waals surface area (Å²) in [4.78, 5) is 24.7. The van der Waals surface area contributed by atoms with Crippen molar-refractivity contribution in [2.24, 2.45) is 5.92 Å². The number of anilines is 1. The van der Waals surface area contributed by atoms with Crippen LogP contribution in [0.5, 0.6) is 0 Å². The Hall–Kier alpha value is -1.27. The number of halogens is 2. The van der Waals surface area contributed by atoms with Gasteiger partial charge in [-0.15, -0.1) is 11.8 Å². The number of esters is 1. The van der Waals surface area contributed by atoms with E-state index < -0.39 is 11.1 Å². The van der Waals surface area contributed by atoms with E-state index in [1.165, 1.54) is 17.8 Å². The normalized spacial score (nSPS) is 13.2. The van der Waals surface area contributed by atoms with E-state index in [9.17, 15) is 14.0 Å². The third-order valence-corrected chi connectivity index (χ3v) is 5.39. The lowest BCUT2D eigenvalue weighted by Crippen LogP contribution is -2.21. The Balaban J connectivity index is 2.83. The molecule has 0 aliphatic heterocycles. The minimum Gasteiger partial charge on any atom is -0.465 e. The molecule has 2 atom stereocenters. The molecule has 0 fully saturated rings. The maximum atomic E-state index is 14.1. The highest BCUT2D eigenvalue weighted by Crippen LogP contribution is 2.35. The predicted octanol–water partition coefficient (Wildman–Crippen LogP) is 5.68. The van der Waals surface area contributed by atoms with Gasteiger partial charge in [0.15, 0.2) is 0 Å². The van der Waals surface area contributed by atoms with Gasteiger partial charge in [-0.25, -0.2) is 4.39 Å². The SMILES string of the molecule is CCCCOC(=O)C(C)Sc1cc(NC(=O)C(C)CCC)c(F)cc1Cl. The van der Waals surface area contributed by atoms with Crippen LogP contribution < -0.4 is 5.32 Å². The molecule has 4 nitrogen and oxygen atoms in total. The first-order valence-electron chi connectivity index (χ1n) is 8.93. The van der Waals surface area contributed by atoms with E-state index in [0.29, 0.717) is 11.5 Å². The molecule has 1 rings (SSSR count). The smallest absolute Gasteiger partial charge is 0.319 e. The van der Waals surface area contributed by atoms with Gasteiger partial charge in [0.25, 0.3) is 0 Å². The van der Waals surface area contributed by atoms with E-state index >= 15 is 0 Å². The number of amides is 1. The fourth-order valence-electron chi connectivity index (χ4n) is 2.21. The topological polar surface area (TPSA) is 55.4 Å². The fourth-order valence-corrected chi connectivity index (χ4v) is 3.39. The molecular formula is C19H27ClFNO3S. The Bertz CT molecular complexity index is 627. The largest absolute Gasteiger partial charge is 0.465 e. The first kappa shape index (κ1) is 22.8. The van der Waals surface area contributed by atoms with Crippen LogP contribution in [0.3, 0.4) is 0 Å². The number of thioether (sulfide) groups is 1. The number of benzene rings is 1. The number of carbonyl (C=O) groups is 2. The first-order valence-corrected chi connectivity index (χ1v) is 10.2. The van der Waals surface area contributed by atoms with Crippen LogP contribution in [0.15, 0.2) is 17.0 Å². The van der Waals surface area contributed by atoms with E-state index in [1.807, 2.05) is 13.8 Å². The first-order chi connectivity index (χ1) is 12.3. The molecule has 0 aliphatic rings. The molecule has 2 unspecified atom stereocenters. The van der Waals surface area contributed by atoms with Gasteiger partial charge < -0.3 is 10.1 Å². The summed E-state index contributed by atoms with van der Waals surface area (Å²) >= 11 is 7.28. The van der Waals surface area contributed by atoms with Crippen molar-refractivity contribution in [1.29, 1.82) is 0 Å². The van der Waals surface area contributed by atoms with Gasteiger partial charge in [0.1, 0.15) is 11.1 Å². The van der Waals surface area contributed by atoms with Gasteiger partial charge >= 0.3 is 5.97 Å². The zero-order valence-corrected chi connectivity index (χ0v) is 17.3. The van der Waals surface area contributed by atoms with Gasteiger partial charge in [-0.2, -0.15) is 0 Å². The van der Waals surface area contributed by atoms with E-state index in [1.54, 1.807) is 13.8 Å². The monoisotopic (exact) mass is 403 g/mol. The molecule has 26 heavy (non-hydrogen) atoms. The molecule has 146 valence electrons. The van der Waals surface area contributed by atoms with E-state index in [4.69, 9.17) is 16.3 Å². The third kappa shape index (κ3) is 7.16. The summed E-state index contributed by atoms with van der Waals surface area (Å²) in [6.07, 6.45) is 3.35. The maximum Gasteiger partial charge on any atom is 0.319 e. The highest BCUT2D eigenvalue weighted by molar-refractivity contribution is 8.00. The van der Waals surface area contributed by atoms with Crippen molar-refractivity contribution in [2.45, 2.75) is 63.5 Å². The lowest BCUT2D eigenvalue weighted by Gasteiger charge is -2.15. The molecule has 1 aromatic rings. The minimum atomic E-state index is -0.602. The highest BCUT2D eigenvalue weighted by atomic mass is 35.5. The fraction of sp³-hybridized carbons (Fsp3) is 0.579. The van der Waals surface area contributed by atoms with Crippen molar-refractivity contribution in [3.8, 4) is 0 Å². The number of ether oxygens (including phenoxy) is 1. The number of nitrogens with one attached hydrogen (secondary N) is 1. The number of hydrogen-bond acceptors (Lipinski definition) is 4.